The van der Waals surface area contributed by atoms with Gasteiger partial charge in [-0.1, -0.05) is 0 Å². The van der Waals surface area contributed by atoms with Gasteiger partial charge in [0.05, 0.1) is 17.1 Å². The second-order valence-corrected chi connectivity index (χ2v) is 6.23. The summed E-state index contributed by atoms with van der Waals surface area (Å²) in [6.07, 6.45) is 2.13. The predicted octanol–water partition coefficient (Wildman–Crippen LogP) is 0.190. The molecule has 0 bridgehead atoms. The Morgan fingerprint density at radius 1 is 1.36 bits per heavy atom. The van der Waals surface area contributed by atoms with Gasteiger partial charge in [-0.05, 0) is 26.3 Å². The molecule has 1 aliphatic heterocycles. The summed E-state index contributed by atoms with van der Waals surface area (Å²) in [5.74, 6) is 0.560. The van der Waals surface area contributed by atoms with Crippen molar-refractivity contribution in [2.24, 2.45) is 0 Å². The van der Waals surface area contributed by atoms with Crippen molar-refractivity contribution in [3.8, 4) is 0 Å². The highest BCUT2D eigenvalue weighted by atomic mass is 32.2. The van der Waals surface area contributed by atoms with Gasteiger partial charge in [-0.15, -0.1) is 0 Å². The van der Waals surface area contributed by atoms with Crippen molar-refractivity contribution < 1.29 is 13.2 Å². The van der Waals surface area contributed by atoms with Gasteiger partial charge in [-0.2, -0.15) is 0 Å². The van der Waals surface area contributed by atoms with Gasteiger partial charge in [0.1, 0.15) is 9.84 Å². The van der Waals surface area contributed by atoms with E-state index in [-0.39, 0.29) is 11.4 Å². The standard InChI is InChI=1S/C9H19NO3S/c1-10-8-9(13-2)4-3-6-14(11,12)7-5-9/h10H,3-8H2,1-2H3. The summed E-state index contributed by atoms with van der Waals surface area (Å²) in [5, 5.41) is 3.06. The van der Waals surface area contributed by atoms with Gasteiger partial charge in [-0.25, -0.2) is 8.42 Å². The first-order valence-electron chi connectivity index (χ1n) is 4.94. The number of sulfone groups is 1. The smallest absolute Gasteiger partial charge is 0.150 e. The normalized spacial score (nSPS) is 32.4. The minimum absolute atomic E-state index is 0.252. The van der Waals surface area contributed by atoms with Crippen molar-refractivity contribution in [1.29, 1.82) is 0 Å². The van der Waals surface area contributed by atoms with Crippen molar-refractivity contribution in [1.82, 2.24) is 5.32 Å². The molecule has 1 heterocycles. The summed E-state index contributed by atoms with van der Waals surface area (Å²) >= 11 is 0. The van der Waals surface area contributed by atoms with Crippen LogP contribution < -0.4 is 5.32 Å². The lowest BCUT2D eigenvalue weighted by atomic mass is 9.94. The van der Waals surface area contributed by atoms with Crippen molar-refractivity contribution in [3.05, 3.63) is 0 Å². The van der Waals surface area contributed by atoms with Gasteiger partial charge >= 0.3 is 0 Å². The van der Waals surface area contributed by atoms with E-state index >= 15 is 0 Å². The Kier molecular flexibility index (Phi) is 3.92. The van der Waals surface area contributed by atoms with E-state index in [9.17, 15) is 8.42 Å². The zero-order valence-corrected chi connectivity index (χ0v) is 9.69. The van der Waals surface area contributed by atoms with E-state index in [0.29, 0.717) is 18.6 Å². The van der Waals surface area contributed by atoms with Crippen LogP contribution in [-0.4, -0.2) is 46.2 Å². The molecule has 1 N–H and O–H groups in total. The summed E-state index contributed by atoms with van der Waals surface area (Å²) in [6.45, 7) is 0.721. The number of methoxy groups -OCH3 is 1. The minimum Gasteiger partial charge on any atom is -0.377 e. The molecule has 84 valence electrons. The van der Waals surface area contributed by atoms with Crippen LogP contribution in [-0.2, 0) is 14.6 Å². The van der Waals surface area contributed by atoms with E-state index in [1.165, 1.54) is 0 Å². The Balaban J connectivity index is 2.71. The van der Waals surface area contributed by atoms with Gasteiger partial charge < -0.3 is 10.1 Å². The molecule has 1 atom stereocenters. The molecule has 0 spiro atoms. The highest BCUT2D eigenvalue weighted by molar-refractivity contribution is 7.91. The summed E-state index contributed by atoms with van der Waals surface area (Å²) in [6, 6.07) is 0. The van der Waals surface area contributed by atoms with Crippen molar-refractivity contribution in [2.45, 2.75) is 24.9 Å². The van der Waals surface area contributed by atoms with Crippen LogP contribution in [0.2, 0.25) is 0 Å². The summed E-state index contributed by atoms with van der Waals surface area (Å²) in [7, 11) is 0.697. The topological polar surface area (TPSA) is 55.4 Å². The molecule has 1 unspecified atom stereocenters. The van der Waals surface area contributed by atoms with E-state index in [4.69, 9.17) is 4.74 Å². The van der Waals surface area contributed by atoms with Crippen LogP contribution in [0.15, 0.2) is 0 Å². The molecule has 4 nitrogen and oxygen atoms in total. The van der Waals surface area contributed by atoms with Crippen LogP contribution >= 0.6 is 0 Å². The van der Waals surface area contributed by atoms with Gasteiger partial charge in [0.15, 0.2) is 0 Å². The number of nitrogens with one attached hydrogen (secondary N) is 1. The maximum Gasteiger partial charge on any atom is 0.150 e. The molecule has 14 heavy (non-hydrogen) atoms. The second kappa shape index (κ2) is 4.59. The lowest BCUT2D eigenvalue weighted by Gasteiger charge is -2.30. The van der Waals surface area contributed by atoms with E-state index in [1.807, 2.05) is 7.05 Å². The molecule has 0 aromatic heterocycles. The van der Waals surface area contributed by atoms with E-state index in [0.717, 1.165) is 13.0 Å². The molecule has 0 aromatic rings. The Bertz CT molecular complexity index is 276. The fraction of sp³-hybridized carbons (Fsp3) is 1.00. The van der Waals surface area contributed by atoms with Crippen LogP contribution in [0, 0.1) is 0 Å². The molecule has 0 radical (unpaired) electrons. The number of ether oxygens (including phenoxy) is 1. The largest absolute Gasteiger partial charge is 0.377 e. The summed E-state index contributed by atoms with van der Waals surface area (Å²) in [5.41, 5.74) is -0.279. The molecule has 0 aliphatic carbocycles. The lowest BCUT2D eigenvalue weighted by Crippen LogP contribution is -2.41. The van der Waals surface area contributed by atoms with Crippen molar-refractivity contribution in [2.75, 3.05) is 32.2 Å². The molecular formula is C9H19NO3S. The third-order valence-electron chi connectivity index (χ3n) is 2.89. The summed E-state index contributed by atoms with van der Waals surface area (Å²) < 4.78 is 28.3. The number of rotatable bonds is 3. The van der Waals surface area contributed by atoms with E-state index in [1.54, 1.807) is 7.11 Å². The fourth-order valence-corrected chi connectivity index (χ4v) is 3.43. The fourth-order valence-electron chi connectivity index (χ4n) is 1.96. The molecule has 0 saturated carbocycles. The second-order valence-electron chi connectivity index (χ2n) is 3.92. The van der Waals surface area contributed by atoms with E-state index in [2.05, 4.69) is 5.32 Å². The lowest BCUT2D eigenvalue weighted by molar-refractivity contribution is -0.0165. The van der Waals surface area contributed by atoms with Crippen LogP contribution in [0.5, 0.6) is 0 Å². The molecular weight excluding hydrogens is 202 g/mol. The van der Waals surface area contributed by atoms with Crippen molar-refractivity contribution in [3.63, 3.8) is 0 Å². The molecule has 0 aromatic carbocycles. The number of hydrogen-bond donors (Lipinski definition) is 1. The Hall–Kier alpha value is -0.130. The maximum atomic E-state index is 11.4. The zero-order valence-electron chi connectivity index (χ0n) is 8.88. The third kappa shape index (κ3) is 2.93. The monoisotopic (exact) mass is 221 g/mol. The van der Waals surface area contributed by atoms with Crippen LogP contribution in [0.3, 0.4) is 0 Å². The van der Waals surface area contributed by atoms with E-state index < -0.39 is 9.84 Å². The molecule has 5 heteroatoms. The van der Waals surface area contributed by atoms with Crippen LogP contribution in [0.4, 0.5) is 0 Å². The van der Waals surface area contributed by atoms with Gasteiger partial charge in [0, 0.05) is 13.7 Å². The Morgan fingerprint density at radius 2 is 2.07 bits per heavy atom. The first-order chi connectivity index (χ1) is 6.54. The maximum absolute atomic E-state index is 11.4. The van der Waals surface area contributed by atoms with Crippen LogP contribution in [0.25, 0.3) is 0 Å². The molecule has 1 rings (SSSR count). The third-order valence-corrected chi connectivity index (χ3v) is 4.63. The first kappa shape index (κ1) is 11.9. The number of hydrogen-bond acceptors (Lipinski definition) is 4. The Labute approximate surface area is 85.9 Å². The molecule has 0 amide bonds. The predicted molar refractivity (Wildman–Crippen MR) is 56.2 cm³/mol. The quantitative estimate of drug-likeness (QED) is 0.739. The van der Waals surface area contributed by atoms with Gasteiger partial charge in [0.25, 0.3) is 0 Å². The average molecular weight is 221 g/mol. The zero-order chi connectivity index (χ0) is 10.7. The molecule has 1 aliphatic rings. The average Bonchev–Trinajstić information content (AvgIpc) is 2.27. The van der Waals surface area contributed by atoms with Gasteiger partial charge in [0.2, 0.25) is 0 Å². The Morgan fingerprint density at radius 3 is 2.64 bits per heavy atom. The molecule has 1 saturated heterocycles. The summed E-state index contributed by atoms with van der Waals surface area (Å²) in [4.78, 5) is 0. The van der Waals surface area contributed by atoms with Crippen LogP contribution in [0.1, 0.15) is 19.3 Å². The first-order valence-corrected chi connectivity index (χ1v) is 6.76. The highest BCUT2D eigenvalue weighted by Crippen LogP contribution is 2.26. The minimum atomic E-state index is -2.83. The molecule has 1 fully saturated rings. The SMILES string of the molecule is CNCC1(OC)CCCS(=O)(=O)CC1. The van der Waals surface area contributed by atoms with Crippen molar-refractivity contribution >= 4 is 9.84 Å². The number of likely N-dealkylation sites (N-methyl/N-ethyl adjacent to an activating group) is 1. The van der Waals surface area contributed by atoms with Gasteiger partial charge in [-0.3, -0.25) is 0 Å². The highest BCUT2D eigenvalue weighted by Gasteiger charge is 2.33.